The molecule has 0 radical (unpaired) electrons. The Labute approximate surface area is 246 Å². The minimum Gasteiger partial charge on any atom is -0.298 e. The predicted molar refractivity (Wildman–Crippen MR) is 155 cm³/mol. The van der Waals surface area contributed by atoms with Gasteiger partial charge in [-0.2, -0.15) is 5.06 Å². The number of carbonyl (C=O) groups is 4. The summed E-state index contributed by atoms with van der Waals surface area (Å²) in [6.07, 6.45) is 15.0. The Morgan fingerprint density at radius 1 is 0.927 bits per heavy atom. The molecule has 0 aromatic heterocycles. The maximum Gasteiger partial charge on any atom is 0.275 e. The van der Waals surface area contributed by atoms with Crippen molar-refractivity contribution in [3.8, 4) is 0 Å². The summed E-state index contributed by atoms with van der Waals surface area (Å²) in [5.74, 6) is 0.406. The van der Waals surface area contributed by atoms with Gasteiger partial charge in [0.05, 0.1) is 5.92 Å². The van der Waals surface area contributed by atoms with Crippen LogP contribution >= 0.6 is 0 Å². The van der Waals surface area contributed by atoms with Gasteiger partial charge in [-0.05, 0) is 104 Å². The number of Topliss-reactive ketones (excluding diaryl/α,β-unsaturated/α-hetero) is 2. The summed E-state index contributed by atoms with van der Waals surface area (Å²) in [5.41, 5.74) is -0.142. The third kappa shape index (κ3) is 4.04. The normalized spacial score (nSPS) is 42.5. The molecule has 1 N–H and O–H groups in total. The first kappa shape index (κ1) is 29.3. The zero-order valence-corrected chi connectivity index (χ0v) is 25.9. The van der Waals surface area contributed by atoms with Crippen LogP contribution in [0.4, 0.5) is 0 Å². The molecule has 5 aliphatic carbocycles. The number of nitrogens with zero attached hydrogens (tertiary/aromatic N) is 1. The number of imide groups is 1. The minimum absolute atomic E-state index is 0.0173. The average Bonchev–Trinajstić information content (AvgIpc) is 3.50. The average molecular weight is 566 g/mol. The maximum absolute atomic E-state index is 13.2. The summed E-state index contributed by atoms with van der Waals surface area (Å²) < 4.78 is 0. The van der Waals surface area contributed by atoms with Crippen molar-refractivity contribution >= 4 is 23.4 Å². The summed E-state index contributed by atoms with van der Waals surface area (Å²) in [6.45, 7) is 12.2. The molecule has 226 valence electrons. The molecule has 9 unspecified atom stereocenters. The molecule has 1 heterocycles. The van der Waals surface area contributed by atoms with Gasteiger partial charge in [-0.15, -0.1) is 0 Å². The number of ketones is 2. The second kappa shape index (κ2) is 10.1. The molecule has 1 saturated heterocycles. The van der Waals surface area contributed by atoms with Gasteiger partial charge < -0.3 is 0 Å². The fraction of sp³-hybridized carbons (Fsp3) is 0.829. The zero-order chi connectivity index (χ0) is 29.5. The van der Waals surface area contributed by atoms with Crippen molar-refractivity contribution in [3.63, 3.8) is 0 Å². The van der Waals surface area contributed by atoms with Crippen LogP contribution in [0.5, 0.6) is 0 Å². The van der Waals surface area contributed by atoms with Crippen molar-refractivity contribution in [1.82, 2.24) is 5.06 Å². The van der Waals surface area contributed by atoms with Crippen LogP contribution in [0.15, 0.2) is 11.6 Å². The molecule has 6 rings (SSSR count). The van der Waals surface area contributed by atoms with Crippen molar-refractivity contribution in [2.24, 2.45) is 63.6 Å². The predicted octanol–water partition coefficient (Wildman–Crippen LogP) is 6.94. The molecule has 0 aromatic carbocycles. The maximum atomic E-state index is 13.2. The Morgan fingerprint density at radius 2 is 1.63 bits per heavy atom. The highest BCUT2D eigenvalue weighted by atomic mass is 16.5. The summed E-state index contributed by atoms with van der Waals surface area (Å²) in [4.78, 5) is 52.4. The second-order valence-corrected chi connectivity index (χ2v) is 15.9. The Hall–Kier alpha value is -1.82. The number of fused-ring (bicyclic) bond motifs is 5. The largest absolute Gasteiger partial charge is 0.298 e. The molecule has 6 aliphatic rings. The number of hydrogen-bond acceptors (Lipinski definition) is 5. The molecule has 0 aromatic rings. The van der Waals surface area contributed by atoms with Crippen LogP contribution in [0.1, 0.15) is 118 Å². The van der Waals surface area contributed by atoms with E-state index in [0.717, 1.165) is 36.5 Å². The molecule has 41 heavy (non-hydrogen) atoms. The summed E-state index contributed by atoms with van der Waals surface area (Å²) in [5, 5.41) is 10.4. The first-order chi connectivity index (χ1) is 19.4. The second-order valence-electron chi connectivity index (χ2n) is 15.9. The molecular formula is C35H51NO5. The number of amides is 2. The summed E-state index contributed by atoms with van der Waals surface area (Å²) in [7, 11) is 0. The third-order valence-electron chi connectivity index (χ3n) is 13.7. The van der Waals surface area contributed by atoms with Crippen LogP contribution in [-0.2, 0) is 19.2 Å². The van der Waals surface area contributed by atoms with Gasteiger partial charge in [0.25, 0.3) is 11.8 Å². The van der Waals surface area contributed by atoms with Gasteiger partial charge in [0.1, 0.15) is 0 Å². The smallest absolute Gasteiger partial charge is 0.275 e. The summed E-state index contributed by atoms with van der Waals surface area (Å²) in [6, 6.07) is 0. The molecule has 4 saturated carbocycles. The van der Waals surface area contributed by atoms with Crippen molar-refractivity contribution in [2.75, 3.05) is 0 Å². The lowest BCUT2D eigenvalue weighted by molar-refractivity contribution is -0.174. The van der Waals surface area contributed by atoms with Crippen LogP contribution in [-0.4, -0.2) is 33.7 Å². The minimum atomic E-state index is -1.99. The van der Waals surface area contributed by atoms with Gasteiger partial charge in [-0.1, -0.05) is 65.5 Å². The molecule has 1 spiro atoms. The van der Waals surface area contributed by atoms with Crippen molar-refractivity contribution < 1.29 is 24.4 Å². The van der Waals surface area contributed by atoms with E-state index >= 15 is 0 Å². The van der Waals surface area contributed by atoms with Crippen LogP contribution < -0.4 is 0 Å². The quantitative estimate of drug-likeness (QED) is 0.163. The van der Waals surface area contributed by atoms with Gasteiger partial charge in [-0.3, -0.25) is 24.4 Å². The van der Waals surface area contributed by atoms with Gasteiger partial charge in [-0.25, -0.2) is 0 Å². The van der Waals surface area contributed by atoms with Crippen LogP contribution in [0.2, 0.25) is 0 Å². The monoisotopic (exact) mass is 565 g/mol. The Morgan fingerprint density at radius 3 is 2.32 bits per heavy atom. The lowest BCUT2D eigenvalue weighted by Gasteiger charge is -2.59. The number of hydroxylamine groups is 2. The van der Waals surface area contributed by atoms with E-state index in [1.165, 1.54) is 50.5 Å². The Kier molecular flexibility index (Phi) is 7.23. The van der Waals surface area contributed by atoms with E-state index in [0.29, 0.717) is 30.1 Å². The van der Waals surface area contributed by atoms with Crippen molar-refractivity contribution in [3.05, 3.63) is 11.6 Å². The van der Waals surface area contributed by atoms with Crippen molar-refractivity contribution in [2.45, 2.75) is 118 Å². The lowest BCUT2D eigenvalue weighted by atomic mass is 9.46. The molecule has 6 nitrogen and oxygen atoms in total. The van der Waals surface area contributed by atoms with E-state index in [1.807, 2.05) is 0 Å². The number of allylic oxidation sites excluding steroid dienone is 2. The fourth-order valence-corrected chi connectivity index (χ4v) is 11.6. The van der Waals surface area contributed by atoms with Gasteiger partial charge in [0, 0.05) is 12.8 Å². The van der Waals surface area contributed by atoms with E-state index in [-0.39, 0.29) is 29.2 Å². The van der Waals surface area contributed by atoms with E-state index in [4.69, 9.17) is 0 Å². The van der Waals surface area contributed by atoms with Gasteiger partial charge in [0.15, 0.2) is 17.0 Å². The topological polar surface area (TPSA) is 91.8 Å². The van der Waals surface area contributed by atoms with E-state index in [1.54, 1.807) is 0 Å². The van der Waals surface area contributed by atoms with E-state index in [9.17, 15) is 24.4 Å². The summed E-state index contributed by atoms with van der Waals surface area (Å²) >= 11 is 0. The molecule has 2 amide bonds. The standard InChI is InChI=1S/C35H51NO5/c1-20(2)7-6-8-21(3)25-11-12-26-24-10-9-23-19-22(15-17-33(23,4)27(24)16-18-34(25,26)5)30-31(39)36(41)32(40)35(30)28(37)13-14-29(35)38/h9,20-22,24-27,30,41H,6-8,10-19H2,1-5H3. The molecule has 6 heteroatoms. The zero-order valence-electron chi connectivity index (χ0n) is 25.9. The SMILES string of the molecule is CC(C)CCCC(C)C1CCC2C3CC=C4CC(C5C(=O)N(O)C(=O)C56C(=O)CCC6=O)CCC4(C)C3CCC12C. The number of carbonyl (C=O) groups excluding carboxylic acids is 4. The highest BCUT2D eigenvalue weighted by molar-refractivity contribution is 6.34. The van der Waals surface area contributed by atoms with Gasteiger partial charge >= 0.3 is 0 Å². The lowest BCUT2D eigenvalue weighted by Crippen LogP contribution is -2.52. The molecular weight excluding hydrogens is 514 g/mol. The Balaban J connectivity index is 1.22. The molecule has 9 atom stereocenters. The highest BCUT2D eigenvalue weighted by Gasteiger charge is 2.72. The molecule has 1 aliphatic heterocycles. The first-order valence-electron chi connectivity index (χ1n) is 16.7. The molecule has 5 fully saturated rings. The van der Waals surface area contributed by atoms with Crippen LogP contribution in [0, 0.1) is 63.6 Å². The first-order valence-corrected chi connectivity index (χ1v) is 16.7. The van der Waals surface area contributed by atoms with Crippen molar-refractivity contribution in [1.29, 1.82) is 0 Å². The fourth-order valence-electron chi connectivity index (χ4n) is 11.6. The number of rotatable bonds is 6. The van der Waals surface area contributed by atoms with E-state index < -0.39 is 34.7 Å². The van der Waals surface area contributed by atoms with Gasteiger partial charge in [0.2, 0.25) is 0 Å². The van der Waals surface area contributed by atoms with Crippen LogP contribution in [0.25, 0.3) is 0 Å². The molecule has 0 bridgehead atoms. The number of hydrogen-bond donors (Lipinski definition) is 1. The third-order valence-corrected chi connectivity index (χ3v) is 13.7. The highest BCUT2D eigenvalue weighted by Crippen LogP contribution is 2.68. The van der Waals surface area contributed by atoms with E-state index in [2.05, 4.69) is 40.7 Å². The van der Waals surface area contributed by atoms with Crippen LogP contribution in [0.3, 0.4) is 0 Å². The Bertz CT molecular complexity index is 1160.